The molecule has 0 aromatic heterocycles. The van der Waals surface area contributed by atoms with Gasteiger partial charge in [0.1, 0.15) is 0 Å². The highest BCUT2D eigenvalue weighted by Crippen LogP contribution is 2.23. The lowest BCUT2D eigenvalue weighted by Gasteiger charge is -2.38. The number of nitrogens with two attached hydrogens (primary N) is 1. The number of amides is 1. The summed E-state index contributed by atoms with van der Waals surface area (Å²) in [5, 5.41) is 0.744. The molecular weight excluding hydrogens is 339 g/mol. The fraction of sp³-hybridized carbons (Fsp3) is 0.562. The Morgan fingerprint density at radius 1 is 1.41 bits per heavy atom. The van der Waals surface area contributed by atoms with Gasteiger partial charge < -0.3 is 10.6 Å². The number of likely N-dealkylation sites (tertiary alicyclic amines) is 1. The van der Waals surface area contributed by atoms with Crippen LogP contribution in [-0.4, -0.2) is 35.7 Å². The zero-order valence-electron chi connectivity index (χ0n) is 12.8. The number of benzene rings is 1. The third kappa shape index (κ3) is 5.65. The summed E-state index contributed by atoms with van der Waals surface area (Å²) in [5.74, 6) is 2.24. The van der Waals surface area contributed by atoms with Gasteiger partial charge in [0.2, 0.25) is 5.91 Å². The van der Waals surface area contributed by atoms with Gasteiger partial charge >= 0.3 is 0 Å². The number of thioether (sulfide) groups is 1. The van der Waals surface area contributed by atoms with Crippen molar-refractivity contribution in [1.82, 2.24) is 4.90 Å². The molecule has 1 heterocycles. The number of piperidine rings is 1. The molecule has 0 radical (unpaired) electrons. The van der Waals surface area contributed by atoms with Gasteiger partial charge in [-0.2, -0.15) is 0 Å². The van der Waals surface area contributed by atoms with Crippen LogP contribution in [0.3, 0.4) is 0 Å². The second kappa shape index (κ2) is 9.66. The molecule has 1 aliphatic rings. The van der Waals surface area contributed by atoms with Gasteiger partial charge in [-0.05, 0) is 36.5 Å². The fourth-order valence-corrected chi connectivity index (χ4v) is 3.72. The topological polar surface area (TPSA) is 46.3 Å². The minimum Gasteiger partial charge on any atom is -0.338 e. The van der Waals surface area contributed by atoms with Crippen LogP contribution in [0.15, 0.2) is 24.3 Å². The lowest BCUT2D eigenvalue weighted by Crippen LogP contribution is -2.49. The first-order valence-electron chi connectivity index (χ1n) is 7.42. The Labute approximate surface area is 148 Å². The van der Waals surface area contributed by atoms with Crippen LogP contribution >= 0.6 is 35.8 Å². The summed E-state index contributed by atoms with van der Waals surface area (Å²) in [6.07, 6.45) is 2.12. The van der Waals surface area contributed by atoms with E-state index in [1.54, 1.807) is 11.8 Å². The highest BCUT2D eigenvalue weighted by atomic mass is 35.5. The molecule has 2 rings (SSSR count). The highest BCUT2D eigenvalue weighted by molar-refractivity contribution is 7.99. The van der Waals surface area contributed by atoms with Crippen LogP contribution in [0.5, 0.6) is 0 Å². The molecule has 0 bridgehead atoms. The lowest BCUT2D eigenvalue weighted by molar-refractivity contribution is -0.132. The first-order chi connectivity index (χ1) is 10.1. The maximum atomic E-state index is 12.3. The van der Waals surface area contributed by atoms with Crippen molar-refractivity contribution in [3.63, 3.8) is 0 Å². The summed E-state index contributed by atoms with van der Waals surface area (Å²) < 4.78 is 0. The lowest BCUT2D eigenvalue weighted by atomic mass is 9.92. The average molecular weight is 363 g/mol. The van der Waals surface area contributed by atoms with E-state index in [-0.39, 0.29) is 24.4 Å². The van der Waals surface area contributed by atoms with Gasteiger partial charge in [-0.25, -0.2) is 0 Å². The minimum absolute atomic E-state index is 0. The molecule has 6 heteroatoms. The van der Waals surface area contributed by atoms with Crippen molar-refractivity contribution in [3.8, 4) is 0 Å². The van der Waals surface area contributed by atoms with E-state index >= 15 is 0 Å². The molecule has 1 amide bonds. The van der Waals surface area contributed by atoms with E-state index in [9.17, 15) is 4.79 Å². The van der Waals surface area contributed by atoms with Crippen LogP contribution < -0.4 is 5.73 Å². The molecule has 22 heavy (non-hydrogen) atoms. The predicted octanol–water partition coefficient (Wildman–Crippen LogP) is 3.58. The first kappa shape index (κ1) is 19.6. The Morgan fingerprint density at radius 2 is 2.09 bits per heavy atom. The number of halogens is 2. The Morgan fingerprint density at radius 3 is 2.73 bits per heavy atom. The van der Waals surface area contributed by atoms with Gasteiger partial charge in [-0.3, -0.25) is 4.79 Å². The Balaban J connectivity index is 0.00000242. The zero-order valence-corrected chi connectivity index (χ0v) is 15.2. The van der Waals surface area contributed by atoms with Crippen LogP contribution in [0.4, 0.5) is 0 Å². The van der Waals surface area contributed by atoms with E-state index < -0.39 is 0 Å². The van der Waals surface area contributed by atoms with Gasteiger partial charge in [0.25, 0.3) is 0 Å². The number of hydrogen-bond acceptors (Lipinski definition) is 3. The minimum atomic E-state index is 0. The molecule has 124 valence electrons. The molecule has 1 aromatic rings. The van der Waals surface area contributed by atoms with E-state index in [1.165, 1.54) is 5.56 Å². The second-order valence-corrected chi connectivity index (χ2v) is 7.15. The summed E-state index contributed by atoms with van der Waals surface area (Å²) >= 11 is 7.51. The van der Waals surface area contributed by atoms with Gasteiger partial charge in [-0.1, -0.05) is 30.7 Å². The molecule has 0 aliphatic carbocycles. The standard InChI is InChI=1S/C16H23ClN2OS.ClH/c1-12-6-7-19(15(8-12)9-18)16(20)11-21-10-13-2-4-14(17)5-3-13;/h2-5,12,15H,6-11,18H2,1H3;1H. The van der Waals surface area contributed by atoms with Crippen molar-refractivity contribution in [3.05, 3.63) is 34.9 Å². The molecule has 2 unspecified atom stereocenters. The van der Waals surface area contributed by atoms with Crippen molar-refractivity contribution in [2.45, 2.75) is 31.6 Å². The third-order valence-corrected chi connectivity index (χ3v) is 5.22. The van der Waals surface area contributed by atoms with E-state index in [2.05, 4.69) is 6.92 Å². The number of nitrogens with zero attached hydrogens (tertiary/aromatic N) is 1. The SMILES string of the molecule is CC1CCN(C(=O)CSCc2ccc(Cl)cc2)C(CN)C1.Cl. The van der Waals surface area contributed by atoms with Crippen LogP contribution in [0.2, 0.25) is 5.02 Å². The van der Waals surface area contributed by atoms with Crippen molar-refractivity contribution < 1.29 is 4.79 Å². The molecule has 1 aliphatic heterocycles. The molecule has 0 saturated carbocycles. The van der Waals surface area contributed by atoms with Crippen LogP contribution in [0.25, 0.3) is 0 Å². The largest absolute Gasteiger partial charge is 0.338 e. The Kier molecular flexibility index (Phi) is 8.62. The van der Waals surface area contributed by atoms with Crippen molar-refractivity contribution in [2.24, 2.45) is 11.7 Å². The molecule has 0 spiro atoms. The van der Waals surface area contributed by atoms with Gasteiger partial charge in [0, 0.05) is 29.9 Å². The number of rotatable bonds is 5. The smallest absolute Gasteiger partial charge is 0.232 e. The molecule has 2 atom stereocenters. The van der Waals surface area contributed by atoms with Crippen molar-refractivity contribution in [2.75, 3.05) is 18.8 Å². The molecule has 2 N–H and O–H groups in total. The summed E-state index contributed by atoms with van der Waals surface area (Å²) in [7, 11) is 0. The highest BCUT2D eigenvalue weighted by Gasteiger charge is 2.28. The van der Waals surface area contributed by atoms with E-state index in [0.717, 1.165) is 30.2 Å². The monoisotopic (exact) mass is 362 g/mol. The molecule has 1 saturated heterocycles. The Bertz CT molecular complexity index is 470. The molecule has 3 nitrogen and oxygen atoms in total. The van der Waals surface area contributed by atoms with Crippen molar-refractivity contribution >= 4 is 41.7 Å². The van der Waals surface area contributed by atoms with Crippen LogP contribution in [-0.2, 0) is 10.5 Å². The number of carbonyl (C=O) groups excluding carboxylic acids is 1. The maximum absolute atomic E-state index is 12.3. The molecule has 1 fully saturated rings. The third-order valence-electron chi connectivity index (χ3n) is 3.98. The first-order valence-corrected chi connectivity index (χ1v) is 8.95. The summed E-state index contributed by atoms with van der Waals surface area (Å²) in [5.41, 5.74) is 7.01. The van der Waals surface area contributed by atoms with Crippen LogP contribution in [0, 0.1) is 5.92 Å². The van der Waals surface area contributed by atoms with Crippen LogP contribution in [0.1, 0.15) is 25.3 Å². The van der Waals surface area contributed by atoms with Gasteiger partial charge in [0.05, 0.1) is 5.75 Å². The van der Waals surface area contributed by atoms with Gasteiger partial charge in [-0.15, -0.1) is 24.2 Å². The fourth-order valence-electron chi connectivity index (χ4n) is 2.72. The zero-order chi connectivity index (χ0) is 15.2. The normalized spacial score (nSPS) is 21.3. The van der Waals surface area contributed by atoms with E-state index in [0.29, 0.717) is 18.2 Å². The van der Waals surface area contributed by atoms with E-state index in [1.807, 2.05) is 29.2 Å². The summed E-state index contributed by atoms with van der Waals surface area (Å²) in [6.45, 7) is 3.65. The second-order valence-electron chi connectivity index (χ2n) is 5.73. The number of carbonyl (C=O) groups is 1. The van der Waals surface area contributed by atoms with Crippen molar-refractivity contribution in [1.29, 1.82) is 0 Å². The molecule has 1 aromatic carbocycles. The Hall–Kier alpha value is -0.420. The maximum Gasteiger partial charge on any atom is 0.232 e. The summed E-state index contributed by atoms with van der Waals surface area (Å²) in [4.78, 5) is 14.3. The quantitative estimate of drug-likeness (QED) is 0.870. The number of hydrogen-bond donors (Lipinski definition) is 1. The summed E-state index contributed by atoms with van der Waals surface area (Å²) in [6, 6.07) is 8.00. The van der Waals surface area contributed by atoms with Gasteiger partial charge in [0.15, 0.2) is 0 Å². The predicted molar refractivity (Wildman–Crippen MR) is 97.8 cm³/mol. The molecular formula is C16H24Cl2N2OS. The van der Waals surface area contributed by atoms with E-state index in [4.69, 9.17) is 17.3 Å². The average Bonchev–Trinajstić information content (AvgIpc) is 2.49.